The first kappa shape index (κ1) is 24.0. The fraction of sp³-hybridized carbons (Fsp3) is 0.154. The fourth-order valence-electron chi connectivity index (χ4n) is 3.23. The Morgan fingerprint density at radius 2 is 1.88 bits per heavy atom. The minimum atomic E-state index is -0.483. The standard InChI is InChI=1S/C26H23N3O5/c1-18(21-8-4-3-5-9-21)28-26(30)22(16-27)13-19-11-12-24(25(15-19)33-2)34-17-20-7-6-10-23(14-20)29(31)32/h3-15,18H,17H2,1-2H3,(H,28,30)/b22-13-/t18-/m0/s1. The molecule has 0 aromatic heterocycles. The van der Waals surface area contributed by atoms with Crippen molar-refractivity contribution in [2.75, 3.05) is 7.11 Å². The van der Waals surface area contributed by atoms with Gasteiger partial charge in [-0.15, -0.1) is 0 Å². The first-order valence-corrected chi connectivity index (χ1v) is 10.4. The number of methoxy groups -OCH3 is 1. The molecule has 3 rings (SSSR count). The highest BCUT2D eigenvalue weighted by Gasteiger charge is 2.15. The van der Waals surface area contributed by atoms with Gasteiger partial charge in [-0.1, -0.05) is 48.5 Å². The lowest BCUT2D eigenvalue weighted by Crippen LogP contribution is -2.27. The van der Waals surface area contributed by atoms with Crippen LogP contribution in [0.5, 0.6) is 11.5 Å². The van der Waals surface area contributed by atoms with Crippen LogP contribution in [0.15, 0.2) is 78.4 Å². The fourth-order valence-corrected chi connectivity index (χ4v) is 3.23. The van der Waals surface area contributed by atoms with Crippen molar-refractivity contribution in [1.82, 2.24) is 5.32 Å². The molecule has 0 saturated carbocycles. The molecular weight excluding hydrogens is 434 g/mol. The zero-order valence-corrected chi connectivity index (χ0v) is 18.7. The van der Waals surface area contributed by atoms with Crippen LogP contribution in [0.3, 0.4) is 0 Å². The Labute approximate surface area is 197 Å². The van der Waals surface area contributed by atoms with Gasteiger partial charge in [-0.3, -0.25) is 14.9 Å². The average molecular weight is 457 g/mol. The Morgan fingerprint density at radius 1 is 1.12 bits per heavy atom. The lowest BCUT2D eigenvalue weighted by Gasteiger charge is -2.14. The van der Waals surface area contributed by atoms with Gasteiger partial charge < -0.3 is 14.8 Å². The molecule has 1 N–H and O–H groups in total. The highest BCUT2D eigenvalue weighted by molar-refractivity contribution is 6.01. The van der Waals surface area contributed by atoms with Crippen LogP contribution in [0.4, 0.5) is 5.69 Å². The van der Waals surface area contributed by atoms with E-state index in [1.807, 2.05) is 43.3 Å². The number of amides is 1. The molecule has 1 atom stereocenters. The zero-order valence-electron chi connectivity index (χ0n) is 18.7. The van der Waals surface area contributed by atoms with E-state index in [1.165, 1.54) is 25.3 Å². The number of hydrogen-bond acceptors (Lipinski definition) is 6. The topological polar surface area (TPSA) is 114 Å². The molecule has 0 spiro atoms. The predicted octanol–water partition coefficient (Wildman–Crippen LogP) is 4.97. The molecule has 0 bridgehead atoms. The second-order valence-corrected chi connectivity index (χ2v) is 7.40. The van der Waals surface area contributed by atoms with Crippen LogP contribution in [0.25, 0.3) is 6.08 Å². The van der Waals surface area contributed by atoms with Crippen molar-refractivity contribution in [3.05, 3.63) is 105 Å². The summed E-state index contributed by atoms with van der Waals surface area (Å²) in [5.41, 5.74) is 2.09. The smallest absolute Gasteiger partial charge is 0.269 e. The van der Waals surface area contributed by atoms with E-state index in [0.717, 1.165) is 5.56 Å². The summed E-state index contributed by atoms with van der Waals surface area (Å²) in [6, 6.07) is 22.3. The summed E-state index contributed by atoms with van der Waals surface area (Å²) >= 11 is 0. The number of rotatable bonds is 9. The maximum atomic E-state index is 12.6. The first-order chi connectivity index (χ1) is 16.4. The van der Waals surface area contributed by atoms with Gasteiger partial charge in [-0.25, -0.2) is 0 Å². The Morgan fingerprint density at radius 3 is 2.56 bits per heavy atom. The van der Waals surface area contributed by atoms with Gasteiger partial charge in [0.25, 0.3) is 11.6 Å². The number of nitrogens with zero attached hydrogens (tertiary/aromatic N) is 2. The number of nitro groups is 1. The van der Waals surface area contributed by atoms with Crippen LogP contribution in [0, 0.1) is 21.4 Å². The minimum absolute atomic E-state index is 0.0163. The number of nitriles is 1. The van der Waals surface area contributed by atoms with Crippen molar-refractivity contribution in [2.24, 2.45) is 0 Å². The van der Waals surface area contributed by atoms with E-state index in [-0.39, 0.29) is 23.9 Å². The summed E-state index contributed by atoms with van der Waals surface area (Å²) in [6.45, 7) is 1.95. The SMILES string of the molecule is COc1cc(/C=C(/C#N)C(=O)N[C@@H](C)c2ccccc2)ccc1OCc1cccc([N+](=O)[O-])c1. The van der Waals surface area contributed by atoms with Crippen LogP contribution in [0.1, 0.15) is 29.7 Å². The average Bonchev–Trinajstić information content (AvgIpc) is 2.86. The molecule has 0 aliphatic carbocycles. The normalized spacial score (nSPS) is 11.7. The van der Waals surface area contributed by atoms with E-state index in [0.29, 0.717) is 22.6 Å². The Balaban J connectivity index is 1.73. The van der Waals surface area contributed by atoms with Crippen LogP contribution in [-0.4, -0.2) is 17.9 Å². The highest BCUT2D eigenvalue weighted by atomic mass is 16.6. The largest absolute Gasteiger partial charge is 0.493 e. The van der Waals surface area contributed by atoms with Crippen molar-refractivity contribution >= 4 is 17.7 Å². The van der Waals surface area contributed by atoms with Gasteiger partial charge in [0.15, 0.2) is 11.5 Å². The van der Waals surface area contributed by atoms with Crippen molar-refractivity contribution in [3.63, 3.8) is 0 Å². The van der Waals surface area contributed by atoms with E-state index >= 15 is 0 Å². The zero-order chi connectivity index (χ0) is 24.5. The summed E-state index contributed by atoms with van der Waals surface area (Å²) in [6.07, 6.45) is 1.47. The molecule has 0 aliphatic heterocycles. The molecule has 8 nitrogen and oxygen atoms in total. The lowest BCUT2D eigenvalue weighted by molar-refractivity contribution is -0.384. The third kappa shape index (κ3) is 6.20. The van der Waals surface area contributed by atoms with Gasteiger partial charge in [0.05, 0.1) is 18.1 Å². The number of ether oxygens (including phenoxy) is 2. The number of carbonyl (C=O) groups is 1. The summed E-state index contributed by atoms with van der Waals surface area (Å²) in [4.78, 5) is 23.1. The first-order valence-electron chi connectivity index (χ1n) is 10.4. The van der Waals surface area contributed by atoms with E-state index in [9.17, 15) is 20.2 Å². The Kier molecular flexibility index (Phi) is 7.97. The third-order valence-corrected chi connectivity index (χ3v) is 5.03. The van der Waals surface area contributed by atoms with E-state index in [2.05, 4.69) is 5.32 Å². The molecule has 8 heteroatoms. The minimum Gasteiger partial charge on any atom is -0.493 e. The van der Waals surface area contributed by atoms with Crippen LogP contribution >= 0.6 is 0 Å². The Hall–Kier alpha value is -4.64. The number of benzene rings is 3. The van der Waals surface area contributed by atoms with E-state index in [1.54, 1.807) is 30.3 Å². The second-order valence-electron chi connectivity index (χ2n) is 7.40. The number of nitro benzene ring substituents is 1. The molecule has 1 amide bonds. The van der Waals surface area contributed by atoms with Gasteiger partial charge in [0.1, 0.15) is 18.2 Å². The lowest BCUT2D eigenvalue weighted by atomic mass is 10.1. The molecule has 0 unspecified atom stereocenters. The molecule has 172 valence electrons. The van der Waals surface area contributed by atoms with Crippen LogP contribution < -0.4 is 14.8 Å². The maximum Gasteiger partial charge on any atom is 0.269 e. The van der Waals surface area contributed by atoms with Crippen LogP contribution in [-0.2, 0) is 11.4 Å². The van der Waals surface area contributed by atoms with Crippen LogP contribution in [0.2, 0.25) is 0 Å². The summed E-state index contributed by atoms with van der Waals surface area (Å²) in [5.74, 6) is 0.338. The monoisotopic (exact) mass is 457 g/mol. The molecular formula is C26H23N3O5. The van der Waals surface area contributed by atoms with Crippen molar-refractivity contribution in [2.45, 2.75) is 19.6 Å². The highest BCUT2D eigenvalue weighted by Crippen LogP contribution is 2.30. The number of hydrogen-bond donors (Lipinski definition) is 1. The van der Waals surface area contributed by atoms with E-state index < -0.39 is 10.8 Å². The number of carbonyl (C=O) groups excluding carboxylic acids is 1. The third-order valence-electron chi connectivity index (χ3n) is 5.03. The summed E-state index contributed by atoms with van der Waals surface area (Å²) < 4.78 is 11.2. The van der Waals surface area contributed by atoms with Gasteiger partial charge in [-0.2, -0.15) is 5.26 Å². The van der Waals surface area contributed by atoms with Gasteiger partial charge in [0, 0.05) is 12.1 Å². The molecule has 3 aromatic rings. The summed E-state index contributed by atoms with van der Waals surface area (Å²) in [5, 5.41) is 23.3. The van der Waals surface area contributed by atoms with Crippen molar-refractivity contribution in [1.29, 1.82) is 5.26 Å². The molecule has 0 radical (unpaired) electrons. The van der Waals surface area contributed by atoms with E-state index in [4.69, 9.17) is 9.47 Å². The summed E-state index contributed by atoms with van der Waals surface area (Å²) in [7, 11) is 1.47. The van der Waals surface area contributed by atoms with Crippen molar-refractivity contribution < 1.29 is 19.2 Å². The molecule has 0 aliphatic rings. The Bertz CT molecular complexity index is 1250. The van der Waals surface area contributed by atoms with Gasteiger partial charge >= 0.3 is 0 Å². The van der Waals surface area contributed by atoms with Gasteiger partial charge in [0.2, 0.25) is 0 Å². The molecule has 34 heavy (non-hydrogen) atoms. The maximum absolute atomic E-state index is 12.6. The number of non-ortho nitro benzene ring substituents is 1. The number of nitrogens with one attached hydrogen (secondary N) is 1. The quantitative estimate of drug-likeness (QED) is 0.210. The molecule has 3 aromatic carbocycles. The molecule has 0 saturated heterocycles. The molecule has 0 fully saturated rings. The predicted molar refractivity (Wildman–Crippen MR) is 127 cm³/mol. The van der Waals surface area contributed by atoms with Gasteiger partial charge in [-0.05, 0) is 41.8 Å². The van der Waals surface area contributed by atoms with Crippen molar-refractivity contribution in [3.8, 4) is 17.6 Å². The second kappa shape index (κ2) is 11.3. The molecule has 0 heterocycles.